The largest absolute Gasteiger partial charge is 0.295 e. The van der Waals surface area contributed by atoms with Gasteiger partial charge in [0.2, 0.25) is 0 Å². The summed E-state index contributed by atoms with van der Waals surface area (Å²) >= 11 is 0. The summed E-state index contributed by atoms with van der Waals surface area (Å²) < 4.78 is 0. The summed E-state index contributed by atoms with van der Waals surface area (Å²) in [7, 11) is 0. The highest BCUT2D eigenvalue weighted by molar-refractivity contribution is 6.65. The lowest BCUT2D eigenvalue weighted by Gasteiger charge is -2.73. The Hall–Kier alpha value is -0.0551. The molecular weight excluding hydrogens is 1430 g/mol. The fourth-order valence-electron chi connectivity index (χ4n) is 47.5. The van der Waals surface area contributed by atoms with Gasteiger partial charge in [0.15, 0.2) is 6.71 Å². The molecule has 4 saturated heterocycles. The van der Waals surface area contributed by atoms with Crippen molar-refractivity contribution in [1.29, 1.82) is 0 Å². The quantitative estimate of drug-likeness (QED) is 0.191. The summed E-state index contributed by atoms with van der Waals surface area (Å²) in [6, 6.07) is 7.89. The first-order valence-electron chi connectivity index (χ1n) is 58.3. The molecule has 0 aromatic rings. The Labute approximate surface area is 732 Å². The van der Waals surface area contributed by atoms with Gasteiger partial charge in [-0.3, -0.25) is 14.7 Å². The first-order valence-corrected chi connectivity index (χ1v) is 58.3. The summed E-state index contributed by atoms with van der Waals surface area (Å²) in [6.45, 7) is 1.01. The van der Waals surface area contributed by atoms with E-state index in [1.54, 1.807) is 443 Å². The Morgan fingerprint density at radius 3 is 0.798 bits per heavy atom. The van der Waals surface area contributed by atoms with Crippen LogP contribution in [-0.4, -0.2) is 75.8 Å². The van der Waals surface area contributed by atoms with Crippen LogP contribution in [0, 0.1) is 201 Å². The molecule has 0 N–H and O–H groups in total. The van der Waals surface area contributed by atoms with E-state index in [0.29, 0.717) is 0 Å². The summed E-state index contributed by atoms with van der Waals surface area (Å²) in [5.41, 5.74) is 0. The van der Waals surface area contributed by atoms with E-state index in [2.05, 4.69) is 14.7 Å². The third-order valence-electron chi connectivity index (χ3n) is 50.2. The maximum Gasteiger partial charge on any atom is 0.156 e. The number of rotatable bonds is 11. The number of fused-ring (bicyclic) bond motifs is 8. The zero-order valence-corrected chi connectivity index (χ0v) is 77.3. The van der Waals surface area contributed by atoms with Gasteiger partial charge in [0, 0.05) is 54.4 Å². The molecule has 119 heavy (non-hydrogen) atoms. The van der Waals surface area contributed by atoms with Crippen molar-refractivity contribution in [2.45, 2.75) is 515 Å². The predicted molar refractivity (Wildman–Crippen MR) is 494 cm³/mol. The fourth-order valence-corrected chi connectivity index (χ4v) is 47.5. The molecule has 4 heterocycles. The molecule has 0 radical (unpaired) electrons. The highest BCUT2D eigenvalue weighted by Crippen LogP contribution is 2.75. The molecule has 4 bridgehead atoms. The standard InChI is InChI=1S/C115H184BN3/c1-7-25-72(26-8-1)84-62-97(74-29-11-3-12-30-74)114(98(63-84)75-31-13-4-14-32-75)118-103-55-51-82(89-53-49-80-41-21-45-93-91-43-19-37-78-39-23-47-95(107(78)91)111(89)109(80)93)66-101(103)116-102-67-83(90-54-50-81-42-22-46-94-92-44-20-38-79-40-24-48-96(108(79)92)112(90)110(81)94)52-56-104(102)119(106-69-88(68-105(118)113(106)116)117-86-58-70-57-71(60-86)61-87(117)59-70)115-99(76-33-15-5-16-34-76)64-85(73-27-9-2-10-28-73)65-100(115)77-35-17-6-18-36-77/h70-115H,1-69H2. The number of piperidine rings is 2. The highest BCUT2D eigenvalue weighted by atomic mass is 15.3. The van der Waals surface area contributed by atoms with E-state index < -0.39 is 0 Å². The van der Waals surface area contributed by atoms with Crippen LogP contribution in [0.1, 0.15) is 443 Å². The van der Waals surface area contributed by atoms with Crippen molar-refractivity contribution < 1.29 is 0 Å². The zero-order chi connectivity index (χ0) is 77.7. The van der Waals surface area contributed by atoms with E-state index in [9.17, 15) is 0 Å². The lowest BCUT2D eigenvalue weighted by molar-refractivity contribution is -0.173. The Morgan fingerprint density at radius 2 is 0.445 bits per heavy atom. The average Bonchev–Trinajstić information content (AvgIpc) is 0.683. The van der Waals surface area contributed by atoms with Crippen molar-refractivity contribution in [3.05, 3.63) is 0 Å². The van der Waals surface area contributed by atoms with Crippen molar-refractivity contribution in [3.8, 4) is 0 Å². The molecule has 4 aliphatic heterocycles. The van der Waals surface area contributed by atoms with Crippen molar-refractivity contribution in [2.24, 2.45) is 201 Å². The van der Waals surface area contributed by atoms with Gasteiger partial charge in [-0.2, -0.15) is 0 Å². The van der Waals surface area contributed by atoms with Gasteiger partial charge in [-0.15, -0.1) is 0 Å². The Bertz CT molecular complexity index is 3110. The van der Waals surface area contributed by atoms with E-state index >= 15 is 0 Å². The number of hydrogen-bond donors (Lipinski definition) is 0. The molecule has 4 heteroatoms. The highest BCUT2D eigenvalue weighted by Gasteiger charge is 2.72. The Balaban J connectivity index is 0.674. The van der Waals surface area contributed by atoms with Crippen LogP contribution in [0.25, 0.3) is 0 Å². The molecule has 0 aromatic carbocycles. The minimum absolute atomic E-state index is 0.836. The molecule has 23 aliphatic carbocycles. The van der Waals surface area contributed by atoms with Crippen LogP contribution in [0.2, 0.25) is 17.5 Å². The van der Waals surface area contributed by atoms with E-state index in [0.717, 1.165) is 280 Å². The minimum atomic E-state index is 0.836. The third-order valence-corrected chi connectivity index (χ3v) is 50.2. The van der Waals surface area contributed by atoms with Gasteiger partial charge >= 0.3 is 0 Å². The molecular formula is C115H184BN3. The summed E-state index contributed by atoms with van der Waals surface area (Å²) in [5, 5.41) is 0. The lowest BCUT2D eigenvalue weighted by atomic mass is 9.17. The fraction of sp³-hybridized carbons (Fsp3) is 1.00. The van der Waals surface area contributed by atoms with Crippen LogP contribution in [0.5, 0.6) is 0 Å². The van der Waals surface area contributed by atoms with E-state index in [1.807, 2.05) is 0 Å². The second kappa shape index (κ2) is 33.6. The topological polar surface area (TPSA) is 9.72 Å². The van der Waals surface area contributed by atoms with Crippen LogP contribution in [0.4, 0.5) is 0 Å². The van der Waals surface area contributed by atoms with Crippen LogP contribution in [0.15, 0.2) is 0 Å². The van der Waals surface area contributed by atoms with Gasteiger partial charge in [-0.05, 0) is 379 Å². The molecule has 3 nitrogen and oxygen atoms in total. The summed E-state index contributed by atoms with van der Waals surface area (Å²) in [4.78, 5) is 12.0. The van der Waals surface area contributed by atoms with Gasteiger partial charge < -0.3 is 0 Å². The van der Waals surface area contributed by atoms with Crippen LogP contribution in [0.3, 0.4) is 0 Å². The predicted octanol–water partition coefficient (Wildman–Crippen LogP) is 30.0. The Morgan fingerprint density at radius 1 is 0.151 bits per heavy atom. The van der Waals surface area contributed by atoms with E-state index in [-0.39, 0.29) is 0 Å². The van der Waals surface area contributed by atoms with Gasteiger partial charge in [0.05, 0.1) is 0 Å². The number of hydrogen-bond acceptors (Lipinski definition) is 3. The SMILES string of the molecule is C1CCC(C2CC(C3CCCCC3)C(N3C4CCC(C5CCC6CCCC7C8CCCC9CCCC(C98)C5C67)CC4B4C5CC(C6CCC7CCCC8C9CCCC%10CCCC(C%109)C6C78)CCC5N(C5C(C6CCCCC6)CC(C6CCCCC6)CC5C5CCCCC5)C5CC(N6C7CC8CC(C7)CC6C8)CC3C45)C(C3CCCCC3)C2)CC1. The molecule has 23 saturated carbocycles. The molecule has 0 amide bonds. The molecule has 0 aromatic heterocycles. The zero-order valence-electron chi connectivity index (χ0n) is 77.3. The van der Waals surface area contributed by atoms with Crippen molar-refractivity contribution in [3.63, 3.8) is 0 Å². The second-order valence-corrected chi connectivity index (χ2v) is 53.6. The van der Waals surface area contributed by atoms with Gasteiger partial charge in [-0.1, -0.05) is 283 Å². The smallest absolute Gasteiger partial charge is 0.156 e. The molecule has 30 atom stereocenters. The first-order chi connectivity index (χ1) is 59.0. The normalized spacial score (nSPS) is 54.6. The maximum atomic E-state index is 4.14. The molecule has 27 fully saturated rings. The summed E-state index contributed by atoms with van der Waals surface area (Å²) in [6.07, 6.45) is 112. The summed E-state index contributed by atoms with van der Waals surface area (Å²) in [5.74, 6) is 39.2. The molecule has 662 valence electrons. The molecule has 27 rings (SSSR count). The lowest BCUT2D eigenvalue weighted by Crippen LogP contribution is -2.78. The van der Waals surface area contributed by atoms with Gasteiger partial charge in [0.1, 0.15) is 0 Å². The number of nitrogens with zero attached hydrogens (tertiary/aromatic N) is 3. The molecule has 27 aliphatic rings. The van der Waals surface area contributed by atoms with Crippen molar-refractivity contribution in [2.75, 3.05) is 0 Å². The van der Waals surface area contributed by atoms with Gasteiger partial charge in [0.25, 0.3) is 0 Å². The molecule has 0 spiro atoms. The van der Waals surface area contributed by atoms with Crippen molar-refractivity contribution >= 4 is 6.71 Å². The average molecular weight is 1620 g/mol. The monoisotopic (exact) mass is 1620 g/mol. The minimum Gasteiger partial charge on any atom is -0.295 e. The third kappa shape index (κ3) is 13.7. The Kier molecular flexibility index (Phi) is 22.6. The maximum absolute atomic E-state index is 4.14. The molecule has 30 unspecified atom stereocenters. The van der Waals surface area contributed by atoms with E-state index in [4.69, 9.17) is 0 Å². The van der Waals surface area contributed by atoms with Crippen LogP contribution < -0.4 is 0 Å². The van der Waals surface area contributed by atoms with E-state index in [1.165, 1.54) is 0 Å². The van der Waals surface area contributed by atoms with Crippen LogP contribution >= 0.6 is 0 Å². The van der Waals surface area contributed by atoms with Crippen LogP contribution in [-0.2, 0) is 0 Å². The first kappa shape index (κ1) is 79.9. The van der Waals surface area contributed by atoms with Gasteiger partial charge in [-0.25, -0.2) is 0 Å². The van der Waals surface area contributed by atoms with Crippen molar-refractivity contribution in [1.82, 2.24) is 14.7 Å². The second-order valence-electron chi connectivity index (χ2n) is 53.6.